The molecule has 1 fully saturated rings. The first-order valence-electron chi connectivity index (χ1n) is 16.5. The van der Waals surface area contributed by atoms with Crippen molar-refractivity contribution in [3.05, 3.63) is 129 Å². The van der Waals surface area contributed by atoms with Crippen molar-refractivity contribution >= 4 is 20.2 Å². The van der Waals surface area contributed by atoms with Gasteiger partial charge in [0, 0.05) is 0 Å². The molecular weight excluding hydrogens is 699 g/mol. The van der Waals surface area contributed by atoms with Crippen LogP contribution in [0.1, 0.15) is 87.2 Å². The second-order valence-corrected chi connectivity index (χ2v) is 36.5. The minimum atomic E-state index is -3.02. The van der Waals surface area contributed by atoms with Crippen molar-refractivity contribution in [3.63, 3.8) is 0 Å². The van der Waals surface area contributed by atoms with E-state index in [0.717, 1.165) is 0 Å². The molecule has 0 nitrogen and oxygen atoms in total. The second-order valence-electron chi connectivity index (χ2n) is 14.7. The summed E-state index contributed by atoms with van der Waals surface area (Å²) in [7, 11) is -1.87. The van der Waals surface area contributed by atoms with Gasteiger partial charge in [-0.25, -0.2) is 0 Å². The van der Waals surface area contributed by atoms with Crippen LogP contribution in [0.25, 0.3) is 34.4 Å². The molecule has 43 heavy (non-hydrogen) atoms. The fraction of sp³-hybridized carbons (Fsp3) is 0.317. The molecule has 0 N–H and O–H groups in total. The van der Waals surface area contributed by atoms with Gasteiger partial charge in [-0.2, -0.15) is 0 Å². The normalized spacial score (nSPS) is 23.0. The summed E-state index contributed by atoms with van der Waals surface area (Å²) >= 11 is -3.02. The van der Waals surface area contributed by atoms with E-state index < -0.39 is 28.0 Å². The third kappa shape index (κ3) is 4.37. The van der Waals surface area contributed by atoms with E-state index in [-0.39, 0.29) is 0 Å². The average molecular weight is 745 g/mol. The van der Waals surface area contributed by atoms with Crippen LogP contribution in [0.4, 0.5) is 0 Å². The van der Waals surface area contributed by atoms with Crippen LogP contribution in [0.2, 0.25) is 22.0 Å². The Morgan fingerprint density at radius 3 is 1.35 bits per heavy atom. The molecule has 4 aromatic carbocycles. The number of rotatable bonds is 5. The van der Waals surface area contributed by atoms with E-state index in [0.29, 0.717) is 19.2 Å². The summed E-state index contributed by atoms with van der Waals surface area (Å²) in [6.07, 6.45) is 5.43. The van der Waals surface area contributed by atoms with Gasteiger partial charge in [0.25, 0.3) is 0 Å². The number of allylic oxidation sites excluding steroid dienone is 2. The maximum absolute atomic E-state index is 3.02. The van der Waals surface area contributed by atoms with Crippen LogP contribution in [0, 0.1) is 0 Å². The van der Waals surface area contributed by atoms with Crippen molar-refractivity contribution in [1.29, 1.82) is 0 Å². The van der Waals surface area contributed by atoms with Crippen molar-refractivity contribution in [2.45, 2.75) is 75.8 Å². The van der Waals surface area contributed by atoms with Gasteiger partial charge in [-0.05, 0) is 0 Å². The molecule has 2 unspecified atom stereocenters. The number of hydrogen-bond acceptors (Lipinski definition) is 0. The van der Waals surface area contributed by atoms with Crippen LogP contribution in [-0.2, 0) is 20.0 Å². The quantitative estimate of drug-likeness (QED) is 0.179. The zero-order valence-corrected chi connectivity index (χ0v) is 31.8. The number of hydrogen-bond donors (Lipinski definition) is 0. The SMILES string of the molecule is CC[Si]1(C)C2=Cc3c(-c4ccc(C(C)C)cc4)cccc3[CH]2[Hf]([CH3])([CH3])[CH]2C1=Cc1c(-c3ccc(C(C)C)cc3)cccc12. The zero-order valence-electron chi connectivity index (χ0n) is 27.3. The third-order valence-electron chi connectivity index (χ3n) is 11.4. The molecule has 7 rings (SSSR count). The van der Waals surface area contributed by atoms with E-state index in [1.165, 1.54) is 50.6 Å². The van der Waals surface area contributed by atoms with E-state index in [1.54, 1.807) is 11.1 Å². The summed E-state index contributed by atoms with van der Waals surface area (Å²) in [5, 5.41) is 3.70. The van der Waals surface area contributed by atoms with Crippen molar-refractivity contribution in [2.75, 3.05) is 0 Å². The van der Waals surface area contributed by atoms with Crippen LogP contribution >= 0.6 is 0 Å². The van der Waals surface area contributed by atoms with E-state index in [2.05, 4.69) is 148 Å². The van der Waals surface area contributed by atoms with E-state index in [4.69, 9.17) is 0 Å². The van der Waals surface area contributed by atoms with Crippen molar-refractivity contribution < 1.29 is 20.0 Å². The van der Waals surface area contributed by atoms with Gasteiger partial charge in [-0.3, -0.25) is 0 Å². The molecule has 1 aliphatic heterocycles. The molecule has 0 amide bonds. The van der Waals surface area contributed by atoms with Gasteiger partial charge in [0.2, 0.25) is 0 Å². The molecule has 0 saturated carbocycles. The van der Waals surface area contributed by atoms with Crippen LogP contribution < -0.4 is 0 Å². The Hall–Kier alpha value is -2.55. The molecule has 1 heterocycles. The van der Waals surface area contributed by atoms with Gasteiger partial charge in [0.05, 0.1) is 0 Å². The van der Waals surface area contributed by atoms with Gasteiger partial charge >= 0.3 is 267 Å². The Bertz CT molecular complexity index is 1660. The summed E-state index contributed by atoms with van der Waals surface area (Å²) in [6, 6.07) is 34.5. The molecule has 0 bridgehead atoms. The minimum absolute atomic E-state index is 0.558. The first-order valence-corrected chi connectivity index (χ1v) is 30.5. The van der Waals surface area contributed by atoms with Gasteiger partial charge in [-0.15, -0.1) is 0 Å². The topological polar surface area (TPSA) is 0 Å². The van der Waals surface area contributed by atoms with E-state index in [9.17, 15) is 0 Å². The average Bonchev–Trinajstić information content (AvgIpc) is 3.62. The second kappa shape index (κ2) is 10.5. The Morgan fingerprint density at radius 2 is 1.00 bits per heavy atom. The fourth-order valence-electron chi connectivity index (χ4n) is 8.70. The van der Waals surface area contributed by atoms with Crippen LogP contribution in [0.5, 0.6) is 0 Å². The molecule has 2 aliphatic carbocycles. The molecular formula is C41H46HfSi. The van der Waals surface area contributed by atoms with Crippen LogP contribution in [0.15, 0.2) is 95.3 Å². The molecule has 1 saturated heterocycles. The molecule has 4 aromatic rings. The molecule has 2 heteroatoms. The molecule has 0 spiro atoms. The summed E-state index contributed by atoms with van der Waals surface area (Å²) in [5.74, 6) is 1.12. The predicted molar refractivity (Wildman–Crippen MR) is 187 cm³/mol. The van der Waals surface area contributed by atoms with Gasteiger partial charge in [0.1, 0.15) is 0 Å². The number of benzene rings is 4. The van der Waals surface area contributed by atoms with Crippen LogP contribution in [0.3, 0.4) is 0 Å². The summed E-state index contributed by atoms with van der Waals surface area (Å²) in [6.45, 7) is 14.3. The van der Waals surface area contributed by atoms with Crippen LogP contribution in [-0.4, -0.2) is 8.07 Å². The number of fused-ring (bicyclic) bond motifs is 6. The van der Waals surface area contributed by atoms with Crippen molar-refractivity contribution in [3.8, 4) is 22.3 Å². The van der Waals surface area contributed by atoms with Gasteiger partial charge in [0.15, 0.2) is 0 Å². The van der Waals surface area contributed by atoms with Gasteiger partial charge < -0.3 is 0 Å². The summed E-state index contributed by atoms with van der Waals surface area (Å²) in [5.41, 5.74) is 14.8. The molecule has 218 valence electrons. The Labute approximate surface area is 265 Å². The monoisotopic (exact) mass is 746 g/mol. The Balaban J connectivity index is 1.38. The standard InChI is InChI=1S/C39H40Si.2CH3.Hf/c1-7-40(6,34-22-32-10-8-12-36(38(32)24-34)30-18-14-28(15-19-30)26(2)3)35-23-33-11-9-13-37(39(33)25-35)31-20-16-29(17-21-31)27(4)5;;;/h8-27H,7H2,1-6H3;2*1H3;. The first kappa shape index (κ1) is 29.2. The Morgan fingerprint density at radius 1 is 0.605 bits per heavy atom. The van der Waals surface area contributed by atoms with Crippen molar-refractivity contribution in [2.24, 2.45) is 0 Å². The molecule has 0 aromatic heterocycles. The molecule has 0 radical (unpaired) electrons. The molecule has 2 atom stereocenters. The van der Waals surface area contributed by atoms with Crippen molar-refractivity contribution in [1.82, 2.24) is 0 Å². The fourth-order valence-corrected chi connectivity index (χ4v) is 40.4. The third-order valence-corrected chi connectivity index (χ3v) is 33.4. The zero-order chi connectivity index (χ0) is 30.3. The maximum atomic E-state index is 2.78. The van der Waals surface area contributed by atoms with Gasteiger partial charge in [-0.1, -0.05) is 0 Å². The summed E-state index contributed by atoms with van der Waals surface area (Å²) in [4.78, 5) is 0. The van der Waals surface area contributed by atoms with E-state index >= 15 is 0 Å². The van der Waals surface area contributed by atoms with E-state index in [1.807, 2.05) is 10.4 Å². The summed E-state index contributed by atoms with van der Waals surface area (Å²) < 4.78 is 6.92. The Kier molecular flexibility index (Phi) is 7.14. The molecule has 3 aliphatic rings. The first-order chi connectivity index (χ1) is 20.6. The predicted octanol–water partition coefficient (Wildman–Crippen LogP) is 12.3.